The zero-order valence-electron chi connectivity index (χ0n) is 11.1. The average molecular weight is 253 g/mol. The molecule has 0 saturated heterocycles. The first-order valence-corrected chi connectivity index (χ1v) is 5.96. The van der Waals surface area contributed by atoms with E-state index in [4.69, 9.17) is 0 Å². The van der Waals surface area contributed by atoms with Crippen LogP contribution in [0.15, 0.2) is 0 Å². The Balaban J connectivity index is 2.56. The Morgan fingerprint density at radius 3 is 2.44 bits per heavy atom. The van der Waals surface area contributed by atoms with Crippen molar-refractivity contribution >= 4 is 11.8 Å². The molecule has 7 nitrogen and oxygen atoms in total. The molecule has 0 aliphatic carbocycles. The summed E-state index contributed by atoms with van der Waals surface area (Å²) < 4.78 is 0. The number of rotatable bonds is 5. The van der Waals surface area contributed by atoms with Gasteiger partial charge in [0.25, 0.3) is 5.91 Å². The molecular formula is C11H19N5O2. The predicted octanol–water partition coefficient (Wildman–Crippen LogP) is 0.01000. The smallest absolute Gasteiger partial charge is 0.291 e. The second kappa shape index (κ2) is 6.13. The number of aromatic nitrogens is 3. The highest BCUT2D eigenvalue weighted by Gasteiger charge is 2.19. The van der Waals surface area contributed by atoms with Crippen molar-refractivity contribution in [3.8, 4) is 0 Å². The maximum atomic E-state index is 11.7. The van der Waals surface area contributed by atoms with Crippen LogP contribution in [0.5, 0.6) is 0 Å². The Morgan fingerprint density at radius 1 is 1.28 bits per heavy atom. The number of nitrogens with zero attached hydrogens (tertiary/aromatic N) is 2. The summed E-state index contributed by atoms with van der Waals surface area (Å²) in [4.78, 5) is 27.3. The van der Waals surface area contributed by atoms with Gasteiger partial charge in [0, 0.05) is 12.5 Å². The minimum Gasteiger partial charge on any atom is -0.352 e. The molecule has 7 heteroatoms. The van der Waals surface area contributed by atoms with E-state index in [1.807, 2.05) is 20.8 Å². The van der Waals surface area contributed by atoms with Crippen LogP contribution in [-0.2, 0) is 11.2 Å². The molecule has 100 valence electrons. The first-order chi connectivity index (χ1) is 8.43. The highest BCUT2D eigenvalue weighted by Crippen LogP contribution is 1.95. The van der Waals surface area contributed by atoms with E-state index in [2.05, 4.69) is 25.8 Å². The second-order valence-electron chi connectivity index (χ2n) is 4.32. The molecule has 0 fully saturated rings. The summed E-state index contributed by atoms with van der Waals surface area (Å²) in [7, 11) is 0. The van der Waals surface area contributed by atoms with E-state index in [9.17, 15) is 9.59 Å². The van der Waals surface area contributed by atoms with Gasteiger partial charge >= 0.3 is 0 Å². The number of hydrogen-bond donors (Lipinski definition) is 3. The van der Waals surface area contributed by atoms with Crippen LogP contribution in [-0.4, -0.2) is 39.1 Å². The topological polar surface area (TPSA) is 99.8 Å². The predicted molar refractivity (Wildman–Crippen MR) is 66.0 cm³/mol. The van der Waals surface area contributed by atoms with E-state index in [1.54, 1.807) is 6.92 Å². The average Bonchev–Trinajstić information content (AvgIpc) is 2.76. The summed E-state index contributed by atoms with van der Waals surface area (Å²) in [5, 5.41) is 11.7. The minimum atomic E-state index is -0.622. The van der Waals surface area contributed by atoms with Gasteiger partial charge in [-0.3, -0.25) is 14.7 Å². The van der Waals surface area contributed by atoms with Gasteiger partial charge in [-0.2, -0.15) is 0 Å². The van der Waals surface area contributed by atoms with E-state index in [-0.39, 0.29) is 17.8 Å². The third kappa shape index (κ3) is 3.83. The van der Waals surface area contributed by atoms with E-state index >= 15 is 0 Å². The lowest BCUT2D eigenvalue weighted by Crippen LogP contribution is -2.47. The molecule has 0 aromatic carbocycles. The van der Waals surface area contributed by atoms with Crippen molar-refractivity contribution in [3.63, 3.8) is 0 Å². The van der Waals surface area contributed by atoms with E-state index in [0.29, 0.717) is 12.2 Å². The first-order valence-electron chi connectivity index (χ1n) is 5.96. The summed E-state index contributed by atoms with van der Waals surface area (Å²) in [6.45, 7) is 7.23. The summed E-state index contributed by atoms with van der Waals surface area (Å²) in [6, 6.07) is -0.587. The summed E-state index contributed by atoms with van der Waals surface area (Å²) in [5.74, 6) is -0.00237. The van der Waals surface area contributed by atoms with Crippen molar-refractivity contribution in [1.82, 2.24) is 25.8 Å². The Morgan fingerprint density at radius 2 is 1.94 bits per heavy atom. The van der Waals surface area contributed by atoms with Gasteiger partial charge in [-0.05, 0) is 20.8 Å². The fourth-order valence-corrected chi connectivity index (χ4v) is 1.29. The molecule has 1 aromatic heterocycles. The molecule has 0 aliphatic rings. The maximum Gasteiger partial charge on any atom is 0.291 e. The summed E-state index contributed by atoms with van der Waals surface area (Å²) in [5.41, 5.74) is 0. The van der Waals surface area contributed by atoms with Gasteiger partial charge in [0.15, 0.2) is 0 Å². The van der Waals surface area contributed by atoms with E-state index in [1.165, 1.54) is 0 Å². The number of hydrogen-bond acceptors (Lipinski definition) is 4. The summed E-state index contributed by atoms with van der Waals surface area (Å²) in [6.07, 6.45) is 0.670. The molecule has 1 heterocycles. The van der Waals surface area contributed by atoms with Crippen molar-refractivity contribution < 1.29 is 9.59 Å². The quantitative estimate of drug-likeness (QED) is 0.688. The van der Waals surface area contributed by atoms with Crippen LogP contribution >= 0.6 is 0 Å². The van der Waals surface area contributed by atoms with Crippen LogP contribution in [0.4, 0.5) is 0 Å². The molecule has 0 spiro atoms. The summed E-state index contributed by atoms with van der Waals surface area (Å²) >= 11 is 0. The van der Waals surface area contributed by atoms with Gasteiger partial charge in [0.2, 0.25) is 11.7 Å². The van der Waals surface area contributed by atoms with Crippen LogP contribution in [0, 0.1) is 0 Å². The number of carbonyl (C=O) groups excluding carboxylic acids is 2. The van der Waals surface area contributed by atoms with E-state index in [0.717, 1.165) is 0 Å². The highest BCUT2D eigenvalue weighted by molar-refractivity contribution is 5.94. The lowest BCUT2D eigenvalue weighted by molar-refractivity contribution is -0.123. The van der Waals surface area contributed by atoms with Gasteiger partial charge in [-0.25, -0.2) is 4.98 Å². The second-order valence-corrected chi connectivity index (χ2v) is 4.32. The van der Waals surface area contributed by atoms with Crippen molar-refractivity contribution in [1.29, 1.82) is 0 Å². The van der Waals surface area contributed by atoms with Crippen molar-refractivity contribution in [3.05, 3.63) is 11.6 Å². The number of nitrogens with one attached hydrogen (secondary N) is 3. The van der Waals surface area contributed by atoms with Gasteiger partial charge in [-0.15, -0.1) is 5.10 Å². The van der Waals surface area contributed by atoms with Crippen LogP contribution < -0.4 is 10.6 Å². The van der Waals surface area contributed by atoms with E-state index < -0.39 is 11.9 Å². The SMILES string of the molecule is CCc1nc(C(=O)NC(C)C(=O)NC(C)C)n[nH]1. The van der Waals surface area contributed by atoms with Gasteiger partial charge in [0.05, 0.1) is 0 Å². The normalized spacial score (nSPS) is 12.3. The first kappa shape index (κ1) is 14.1. The number of aryl methyl sites for hydroxylation is 1. The molecule has 0 bridgehead atoms. The lowest BCUT2D eigenvalue weighted by atomic mass is 10.2. The molecule has 0 radical (unpaired) electrons. The Labute approximate surface area is 106 Å². The largest absolute Gasteiger partial charge is 0.352 e. The Hall–Kier alpha value is -1.92. The van der Waals surface area contributed by atoms with Crippen LogP contribution in [0.2, 0.25) is 0 Å². The maximum absolute atomic E-state index is 11.7. The molecule has 3 N–H and O–H groups in total. The third-order valence-corrected chi connectivity index (χ3v) is 2.24. The molecule has 2 amide bonds. The zero-order chi connectivity index (χ0) is 13.7. The Bertz CT molecular complexity index is 427. The molecule has 1 atom stereocenters. The highest BCUT2D eigenvalue weighted by atomic mass is 16.2. The number of amides is 2. The van der Waals surface area contributed by atoms with Gasteiger partial charge in [-0.1, -0.05) is 6.92 Å². The van der Waals surface area contributed by atoms with Gasteiger partial charge in [0.1, 0.15) is 11.9 Å². The fourth-order valence-electron chi connectivity index (χ4n) is 1.29. The molecule has 1 rings (SSSR count). The monoisotopic (exact) mass is 253 g/mol. The molecule has 1 aromatic rings. The number of carbonyl (C=O) groups is 2. The molecule has 18 heavy (non-hydrogen) atoms. The van der Waals surface area contributed by atoms with Crippen molar-refractivity contribution in [2.75, 3.05) is 0 Å². The Kier molecular flexibility index (Phi) is 4.82. The standard InChI is InChI=1S/C11H19N5O2/c1-5-8-14-9(16-15-8)11(18)13-7(4)10(17)12-6(2)3/h6-7H,5H2,1-4H3,(H,12,17)(H,13,18)(H,14,15,16). The van der Waals surface area contributed by atoms with Crippen molar-refractivity contribution in [2.45, 2.75) is 46.2 Å². The number of aromatic amines is 1. The van der Waals surface area contributed by atoms with Crippen LogP contribution in [0.3, 0.4) is 0 Å². The van der Waals surface area contributed by atoms with Crippen LogP contribution in [0.25, 0.3) is 0 Å². The third-order valence-electron chi connectivity index (χ3n) is 2.24. The van der Waals surface area contributed by atoms with Gasteiger partial charge < -0.3 is 10.6 Å². The molecule has 0 saturated carbocycles. The van der Waals surface area contributed by atoms with Crippen molar-refractivity contribution in [2.24, 2.45) is 0 Å². The molecule has 0 aliphatic heterocycles. The zero-order valence-corrected chi connectivity index (χ0v) is 11.1. The lowest BCUT2D eigenvalue weighted by Gasteiger charge is -2.14. The number of H-pyrrole nitrogens is 1. The fraction of sp³-hybridized carbons (Fsp3) is 0.636. The minimum absolute atomic E-state index is 0.0343. The molecule has 1 unspecified atom stereocenters. The van der Waals surface area contributed by atoms with Crippen LogP contribution in [0.1, 0.15) is 44.1 Å². The molecular weight excluding hydrogens is 234 g/mol.